The van der Waals surface area contributed by atoms with E-state index in [1.807, 2.05) is 13.0 Å². The lowest BCUT2D eigenvalue weighted by atomic mass is 10.1. The molecule has 0 bridgehead atoms. The molecule has 2 aromatic rings. The standard InChI is InChI=1S/C22H26FN3O2/c1-15-13-19(16(2)26(15)17-7-8-17)21(27)14-24-9-11-25(12-10-24)22(28)18-5-3-4-6-20(18)23/h3-6,13,17H,7-12,14H2,1-2H3. The van der Waals surface area contributed by atoms with Crippen molar-refractivity contribution in [2.24, 2.45) is 0 Å². The van der Waals surface area contributed by atoms with Crippen molar-refractivity contribution in [2.45, 2.75) is 32.7 Å². The normalized spacial score (nSPS) is 17.8. The molecule has 1 aromatic carbocycles. The van der Waals surface area contributed by atoms with Crippen LogP contribution in [0.4, 0.5) is 4.39 Å². The Balaban J connectivity index is 1.36. The summed E-state index contributed by atoms with van der Waals surface area (Å²) in [5.74, 6) is -0.637. The predicted molar refractivity (Wildman–Crippen MR) is 105 cm³/mol. The van der Waals surface area contributed by atoms with E-state index in [0.717, 1.165) is 17.0 Å². The van der Waals surface area contributed by atoms with Crippen LogP contribution in [-0.4, -0.2) is 58.8 Å². The summed E-state index contributed by atoms with van der Waals surface area (Å²) in [6, 6.07) is 8.64. The van der Waals surface area contributed by atoms with E-state index in [-0.39, 0.29) is 17.3 Å². The number of ketones is 1. The van der Waals surface area contributed by atoms with Gasteiger partial charge in [0.1, 0.15) is 5.82 Å². The summed E-state index contributed by atoms with van der Waals surface area (Å²) in [6.07, 6.45) is 2.39. The van der Waals surface area contributed by atoms with E-state index >= 15 is 0 Å². The Morgan fingerprint density at radius 3 is 2.36 bits per heavy atom. The fourth-order valence-corrected chi connectivity index (χ4v) is 4.16. The number of benzene rings is 1. The maximum Gasteiger partial charge on any atom is 0.256 e. The van der Waals surface area contributed by atoms with E-state index in [1.165, 1.54) is 25.0 Å². The molecular weight excluding hydrogens is 357 g/mol. The van der Waals surface area contributed by atoms with Crippen molar-refractivity contribution in [3.63, 3.8) is 0 Å². The van der Waals surface area contributed by atoms with Gasteiger partial charge in [0, 0.05) is 49.2 Å². The van der Waals surface area contributed by atoms with Gasteiger partial charge in [-0.3, -0.25) is 14.5 Å². The third-order valence-corrected chi connectivity index (χ3v) is 5.83. The Labute approximate surface area is 164 Å². The Morgan fingerprint density at radius 2 is 1.71 bits per heavy atom. The van der Waals surface area contributed by atoms with E-state index < -0.39 is 5.82 Å². The van der Waals surface area contributed by atoms with Gasteiger partial charge in [-0.15, -0.1) is 0 Å². The molecule has 4 rings (SSSR count). The largest absolute Gasteiger partial charge is 0.345 e. The average Bonchev–Trinajstić information content (AvgIpc) is 3.47. The number of hydrogen-bond donors (Lipinski definition) is 0. The first-order chi connectivity index (χ1) is 13.5. The molecule has 1 aliphatic heterocycles. The smallest absolute Gasteiger partial charge is 0.256 e. The summed E-state index contributed by atoms with van der Waals surface area (Å²) in [5.41, 5.74) is 3.15. The van der Waals surface area contributed by atoms with Crippen LogP contribution in [0.3, 0.4) is 0 Å². The Kier molecular flexibility index (Phi) is 5.06. The molecule has 2 heterocycles. The van der Waals surface area contributed by atoms with Gasteiger partial charge in [0.25, 0.3) is 5.91 Å². The summed E-state index contributed by atoms with van der Waals surface area (Å²) in [4.78, 5) is 29.1. The predicted octanol–water partition coefficient (Wildman–Crippen LogP) is 3.22. The van der Waals surface area contributed by atoms with Crippen LogP contribution in [0.1, 0.15) is 51.0 Å². The first kappa shape index (κ1) is 18.9. The third-order valence-electron chi connectivity index (χ3n) is 5.83. The van der Waals surface area contributed by atoms with Gasteiger partial charge >= 0.3 is 0 Å². The number of aryl methyl sites for hydroxylation is 1. The molecule has 0 atom stereocenters. The van der Waals surface area contributed by atoms with Gasteiger partial charge in [-0.25, -0.2) is 4.39 Å². The number of amides is 1. The average molecular weight is 383 g/mol. The second-order valence-corrected chi connectivity index (χ2v) is 7.86. The minimum Gasteiger partial charge on any atom is -0.345 e. The molecule has 1 aliphatic carbocycles. The highest BCUT2D eigenvalue weighted by Gasteiger charge is 2.29. The molecule has 0 unspecified atom stereocenters. The van der Waals surface area contributed by atoms with Gasteiger partial charge in [0.05, 0.1) is 12.1 Å². The summed E-state index contributed by atoms with van der Waals surface area (Å²) < 4.78 is 16.2. The first-order valence-corrected chi connectivity index (χ1v) is 9.93. The van der Waals surface area contributed by atoms with Crippen LogP contribution in [0.15, 0.2) is 30.3 Å². The Hall–Kier alpha value is -2.47. The zero-order valence-corrected chi connectivity index (χ0v) is 16.4. The van der Waals surface area contributed by atoms with Crippen molar-refractivity contribution < 1.29 is 14.0 Å². The second-order valence-electron chi connectivity index (χ2n) is 7.86. The maximum atomic E-state index is 13.9. The zero-order chi connectivity index (χ0) is 19.8. The van der Waals surface area contributed by atoms with E-state index in [2.05, 4.69) is 16.4 Å². The second kappa shape index (κ2) is 7.51. The maximum absolute atomic E-state index is 13.9. The highest BCUT2D eigenvalue weighted by Crippen LogP contribution is 2.38. The van der Waals surface area contributed by atoms with Crippen LogP contribution in [0.5, 0.6) is 0 Å². The van der Waals surface area contributed by atoms with Gasteiger partial charge < -0.3 is 9.47 Å². The van der Waals surface area contributed by atoms with Crippen LogP contribution in [-0.2, 0) is 0 Å². The topological polar surface area (TPSA) is 45.6 Å². The summed E-state index contributed by atoms with van der Waals surface area (Å²) in [7, 11) is 0. The number of carbonyl (C=O) groups excluding carboxylic acids is 2. The number of carbonyl (C=O) groups is 2. The quantitative estimate of drug-likeness (QED) is 0.745. The summed E-state index contributed by atoms with van der Waals surface area (Å²) in [5, 5.41) is 0. The summed E-state index contributed by atoms with van der Waals surface area (Å²) in [6.45, 7) is 6.69. The lowest BCUT2D eigenvalue weighted by Gasteiger charge is -2.34. The number of halogens is 1. The van der Waals surface area contributed by atoms with Crippen LogP contribution in [0, 0.1) is 19.7 Å². The molecule has 5 nitrogen and oxygen atoms in total. The molecular formula is C22H26FN3O2. The molecule has 1 saturated carbocycles. The molecule has 2 aliphatic rings. The number of Topliss-reactive ketones (excluding diaryl/α,β-unsaturated/α-hetero) is 1. The van der Waals surface area contributed by atoms with Gasteiger partial charge in [-0.2, -0.15) is 0 Å². The van der Waals surface area contributed by atoms with Crippen molar-refractivity contribution in [1.29, 1.82) is 0 Å². The minimum absolute atomic E-state index is 0.111. The molecule has 148 valence electrons. The lowest BCUT2D eigenvalue weighted by Crippen LogP contribution is -2.50. The molecule has 0 N–H and O–H groups in total. The Morgan fingerprint density at radius 1 is 1.04 bits per heavy atom. The van der Waals surface area contributed by atoms with E-state index in [0.29, 0.717) is 38.8 Å². The monoisotopic (exact) mass is 383 g/mol. The molecule has 6 heteroatoms. The van der Waals surface area contributed by atoms with E-state index in [9.17, 15) is 14.0 Å². The molecule has 0 radical (unpaired) electrons. The van der Waals surface area contributed by atoms with Crippen molar-refractivity contribution >= 4 is 11.7 Å². The van der Waals surface area contributed by atoms with Crippen LogP contribution >= 0.6 is 0 Å². The lowest BCUT2D eigenvalue weighted by molar-refractivity contribution is 0.0620. The number of nitrogens with zero attached hydrogens (tertiary/aromatic N) is 3. The summed E-state index contributed by atoms with van der Waals surface area (Å²) >= 11 is 0. The van der Waals surface area contributed by atoms with Gasteiger partial charge in [-0.05, 0) is 44.9 Å². The number of hydrogen-bond acceptors (Lipinski definition) is 3. The van der Waals surface area contributed by atoms with Crippen molar-refractivity contribution in [3.8, 4) is 0 Å². The van der Waals surface area contributed by atoms with Crippen molar-refractivity contribution in [2.75, 3.05) is 32.7 Å². The molecule has 28 heavy (non-hydrogen) atoms. The number of piperazine rings is 1. The molecule has 2 fully saturated rings. The van der Waals surface area contributed by atoms with Crippen LogP contribution in [0.25, 0.3) is 0 Å². The number of rotatable bonds is 5. The zero-order valence-electron chi connectivity index (χ0n) is 16.4. The van der Waals surface area contributed by atoms with Crippen LogP contribution < -0.4 is 0 Å². The Bertz CT molecular complexity index is 909. The van der Waals surface area contributed by atoms with Gasteiger partial charge in [0.2, 0.25) is 0 Å². The third kappa shape index (κ3) is 3.61. The highest BCUT2D eigenvalue weighted by molar-refractivity contribution is 5.99. The molecule has 1 amide bonds. The fraction of sp³-hybridized carbons (Fsp3) is 0.455. The molecule has 0 spiro atoms. The van der Waals surface area contributed by atoms with E-state index in [1.54, 1.807) is 17.0 Å². The van der Waals surface area contributed by atoms with Crippen molar-refractivity contribution in [1.82, 2.24) is 14.4 Å². The van der Waals surface area contributed by atoms with Crippen LogP contribution in [0.2, 0.25) is 0 Å². The fourth-order valence-electron chi connectivity index (χ4n) is 4.16. The van der Waals surface area contributed by atoms with Gasteiger partial charge in [-0.1, -0.05) is 12.1 Å². The van der Waals surface area contributed by atoms with Crippen molar-refractivity contribution in [3.05, 3.63) is 58.7 Å². The molecule has 1 aromatic heterocycles. The van der Waals surface area contributed by atoms with E-state index in [4.69, 9.17) is 0 Å². The minimum atomic E-state index is -0.490. The highest BCUT2D eigenvalue weighted by atomic mass is 19.1. The number of aromatic nitrogens is 1. The van der Waals surface area contributed by atoms with Gasteiger partial charge in [0.15, 0.2) is 5.78 Å². The molecule has 1 saturated heterocycles. The SMILES string of the molecule is Cc1cc(C(=O)CN2CCN(C(=O)c3ccccc3F)CC2)c(C)n1C1CC1. The first-order valence-electron chi connectivity index (χ1n) is 9.93.